The number of nitrogens with zero attached hydrogens (tertiary/aromatic N) is 2. The minimum atomic E-state index is -0.483. The second-order valence-electron chi connectivity index (χ2n) is 10.7. The molecule has 0 heterocycles. The Morgan fingerprint density at radius 3 is 1.14 bits per heavy atom. The molecule has 0 fully saturated rings. The van der Waals surface area contributed by atoms with E-state index in [9.17, 15) is 19.8 Å². The number of carbonyl (C=O) groups is 2. The highest BCUT2D eigenvalue weighted by molar-refractivity contribution is 6.04. The van der Waals surface area contributed by atoms with E-state index in [1.165, 1.54) is 36.4 Å². The van der Waals surface area contributed by atoms with Gasteiger partial charge in [-0.1, -0.05) is 97.1 Å². The van der Waals surface area contributed by atoms with Gasteiger partial charge >= 0.3 is 12.1 Å². The molecule has 6 aromatic carbocycles. The number of anilines is 4. The van der Waals surface area contributed by atoms with E-state index in [0.717, 1.165) is 22.3 Å². The van der Waals surface area contributed by atoms with Crippen LogP contribution in [0, 0.1) is 22.7 Å². The van der Waals surface area contributed by atoms with E-state index in [4.69, 9.17) is 10.5 Å². The molecule has 10 heteroatoms. The third-order valence-electron chi connectivity index (χ3n) is 7.27. The van der Waals surface area contributed by atoms with Crippen LogP contribution in [0.15, 0.2) is 146 Å². The number of phenols is 2. The lowest BCUT2D eigenvalue weighted by molar-refractivity contribution is 0.261. The summed E-state index contributed by atoms with van der Waals surface area (Å²) in [6.45, 7) is 0. The fourth-order valence-electron chi connectivity index (χ4n) is 4.89. The van der Waals surface area contributed by atoms with Crippen LogP contribution in [0.4, 0.5) is 32.3 Å². The Kier molecular flexibility index (Phi) is 11.0. The third kappa shape index (κ3) is 8.82. The first-order valence-corrected chi connectivity index (χ1v) is 15.3. The number of carbonyl (C=O) groups excluding carboxylic acids is 2. The van der Waals surface area contributed by atoms with E-state index in [1.54, 1.807) is 12.1 Å². The Morgan fingerprint density at radius 1 is 0.440 bits per heavy atom. The Labute approximate surface area is 288 Å². The Morgan fingerprint density at radius 2 is 0.780 bits per heavy atom. The van der Waals surface area contributed by atoms with Crippen LogP contribution in [0.25, 0.3) is 22.3 Å². The van der Waals surface area contributed by atoms with Gasteiger partial charge in [0.15, 0.2) is 0 Å². The maximum absolute atomic E-state index is 12.3. The summed E-state index contributed by atoms with van der Waals surface area (Å²) in [6, 6.07) is 45.9. The summed E-state index contributed by atoms with van der Waals surface area (Å²) in [5.74, 6) is -0.323. The molecule has 0 aliphatic carbocycles. The first kappa shape index (κ1) is 33.8. The number of para-hydroxylation sites is 2. The number of amides is 4. The summed E-state index contributed by atoms with van der Waals surface area (Å²) in [4.78, 5) is 24.5. The molecule has 6 rings (SSSR count). The number of urea groups is 2. The molecule has 50 heavy (non-hydrogen) atoms. The lowest BCUT2D eigenvalue weighted by Crippen LogP contribution is -2.19. The molecule has 0 aliphatic heterocycles. The molecule has 0 aliphatic rings. The first-order chi connectivity index (χ1) is 24.3. The summed E-state index contributed by atoms with van der Waals surface area (Å²) in [7, 11) is 0. The smallest absolute Gasteiger partial charge is 0.323 e. The van der Waals surface area contributed by atoms with Crippen LogP contribution in [-0.2, 0) is 0 Å². The molecule has 0 unspecified atom stereocenters. The van der Waals surface area contributed by atoms with Gasteiger partial charge in [-0.15, -0.1) is 0 Å². The van der Waals surface area contributed by atoms with Gasteiger partial charge in [0, 0.05) is 11.1 Å². The highest BCUT2D eigenvalue weighted by atomic mass is 16.3. The second kappa shape index (κ2) is 16.3. The van der Waals surface area contributed by atoms with Crippen molar-refractivity contribution >= 4 is 34.8 Å². The Balaban J connectivity index is 0.000000194. The van der Waals surface area contributed by atoms with Crippen LogP contribution in [0.5, 0.6) is 11.5 Å². The zero-order chi connectivity index (χ0) is 35.3. The average Bonchev–Trinajstić information content (AvgIpc) is 3.14. The second-order valence-corrected chi connectivity index (χ2v) is 10.7. The van der Waals surface area contributed by atoms with Crippen LogP contribution in [0.2, 0.25) is 0 Å². The number of aromatic hydroxyl groups is 2. The molecule has 0 atom stereocenters. The molecule has 0 aromatic heterocycles. The molecular weight excluding hydrogens is 628 g/mol. The number of nitrogens with one attached hydrogen (secondary N) is 4. The van der Waals surface area contributed by atoms with Crippen LogP contribution in [0.1, 0.15) is 11.1 Å². The fourth-order valence-corrected chi connectivity index (χ4v) is 4.89. The van der Waals surface area contributed by atoms with Crippen LogP contribution < -0.4 is 21.3 Å². The van der Waals surface area contributed by atoms with Crippen molar-refractivity contribution in [3.63, 3.8) is 0 Å². The van der Waals surface area contributed by atoms with E-state index in [2.05, 4.69) is 21.3 Å². The molecule has 244 valence electrons. The lowest BCUT2D eigenvalue weighted by Gasteiger charge is -2.13. The molecule has 0 spiro atoms. The minimum absolute atomic E-state index is 0.162. The van der Waals surface area contributed by atoms with Gasteiger partial charge in [-0.2, -0.15) is 10.5 Å². The van der Waals surface area contributed by atoms with E-state index < -0.39 is 12.1 Å². The Hall–Kier alpha value is -7.56. The normalized spacial score (nSPS) is 9.88. The van der Waals surface area contributed by atoms with Crippen LogP contribution in [-0.4, -0.2) is 22.3 Å². The maximum atomic E-state index is 12.3. The van der Waals surface area contributed by atoms with Crippen molar-refractivity contribution in [2.75, 3.05) is 21.3 Å². The molecule has 0 saturated heterocycles. The van der Waals surface area contributed by atoms with E-state index in [1.807, 2.05) is 109 Å². The summed E-state index contributed by atoms with van der Waals surface area (Å²) < 4.78 is 0. The largest absolute Gasteiger partial charge is 0.506 e. The number of hydrogen-bond donors (Lipinski definition) is 6. The Bertz CT molecular complexity index is 2050. The van der Waals surface area contributed by atoms with Gasteiger partial charge < -0.3 is 31.5 Å². The van der Waals surface area contributed by atoms with Gasteiger partial charge in [0.1, 0.15) is 11.5 Å². The molecule has 6 N–H and O–H groups in total. The topological polar surface area (TPSA) is 170 Å². The molecule has 0 saturated carbocycles. The number of benzene rings is 6. The number of hydrogen-bond acceptors (Lipinski definition) is 6. The van der Waals surface area contributed by atoms with Gasteiger partial charge in [0.05, 0.1) is 46.0 Å². The number of phenolic OH excluding ortho intramolecular Hbond substituents is 2. The van der Waals surface area contributed by atoms with Gasteiger partial charge in [0.25, 0.3) is 0 Å². The standard InChI is InChI=1S/2C20H15N3O2/c2*21-13-14-10-11-18(19(24)12-14)23-20(25)22-17-9-5-4-8-16(17)15-6-2-1-3-7-15/h2*1-12,24H,(H2,22,23,25). The SMILES string of the molecule is N#Cc1ccc(NC(=O)Nc2ccccc2-c2ccccc2)c(O)c1.N#Cc1ccc(NC(=O)Nc2ccccc2-c2ccccc2)c(O)c1. The van der Waals surface area contributed by atoms with Gasteiger partial charge in [-0.3, -0.25) is 0 Å². The predicted octanol–water partition coefficient (Wildman–Crippen LogP) is 9.15. The molecule has 4 amide bonds. The molecule has 10 nitrogen and oxygen atoms in total. The van der Waals surface area contributed by atoms with Crippen molar-refractivity contribution < 1.29 is 19.8 Å². The molecule has 0 bridgehead atoms. The number of nitriles is 2. The lowest BCUT2D eigenvalue weighted by atomic mass is 10.0. The van der Waals surface area contributed by atoms with E-state index >= 15 is 0 Å². The monoisotopic (exact) mass is 658 g/mol. The van der Waals surface area contributed by atoms with Crippen LogP contribution in [0.3, 0.4) is 0 Å². The van der Waals surface area contributed by atoms with E-state index in [0.29, 0.717) is 22.5 Å². The average molecular weight is 659 g/mol. The zero-order valence-corrected chi connectivity index (χ0v) is 26.5. The van der Waals surface area contributed by atoms with Crippen molar-refractivity contribution in [3.05, 3.63) is 157 Å². The van der Waals surface area contributed by atoms with Crippen molar-refractivity contribution in [2.45, 2.75) is 0 Å². The fraction of sp³-hybridized carbons (Fsp3) is 0. The van der Waals surface area contributed by atoms with Crippen molar-refractivity contribution in [1.29, 1.82) is 10.5 Å². The van der Waals surface area contributed by atoms with Crippen LogP contribution >= 0.6 is 0 Å². The summed E-state index contributed by atoms with van der Waals surface area (Å²) in [5, 5.41) is 48.1. The first-order valence-electron chi connectivity index (χ1n) is 15.3. The number of rotatable bonds is 6. The third-order valence-corrected chi connectivity index (χ3v) is 7.27. The highest BCUT2D eigenvalue weighted by Gasteiger charge is 2.12. The van der Waals surface area contributed by atoms with Gasteiger partial charge in [0.2, 0.25) is 0 Å². The van der Waals surface area contributed by atoms with Gasteiger partial charge in [-0.25, -0.2) is 9.59 Å². The molecule has 6 aromatic rings. The highest BCUT2D eigenvalue weighted by Crippen LogP contribution is 2.30. The summed E-state index contributed by atoms with van der Waals surface area (Å²) in [6.07, 6.45) is 0. The summed E-state index contributed by atoms with van der Waals surface area (Å²) >= 11 is 0. The molecular formula is C40H30N6O4. The quantitative estimate of drug-likeness (QED) is 0.0975. The minimum Gasteiger partial charge on any atom is -0.506 e. The predicted molar refractivity (Wildman–Crippen MR) is 195 cm³/mol. The van der Waals surface area contributed by atoms with Crippen molar-refractivity contribution in [3.8, 4) is 45.9 Å². The van der Waals surface area contributed by atoms with Gasteiger partial charge in [-0.05, 0) is 59.7 Å². The van der Waals surface area contributed by atoms with Crippen molar-refractivity contribution in [1.82, 2.24) is 0 Å². The summed E-state index contributed by atoms with van der Waals surface area (Å²) in [5.41, 5.74) is 6.15. The maximum Gasteiger partial charge on any atom is 0.323 e. The zero-order valence-electron chi connectivity index (χ0n) is 26.5. The van der Waals surface area contributed by atoms with E-state index in [-0.39, 0.29) is 22.9 Å². The molecule has 0 radical (unpaired) electrons. The van der Waals surface area contributed by atoms with Crippen molar-refractivity contribution in [2.24, 2.45) is 0 Å².